The summed E-state index contributed by atoms with van der Waals surface area (Å²) in [5, 5.41) is 0. The quantitative estimate of drug-likeness (QED) is 0.309. The second kappa shape index (κ2) is 10.9. The molecule has 1 heterocycles. The molecule has 13 heteroatoms. The van der Waals surface area contributed by atoms with Gasteiger partial charge in [-0.05, 0) is 76.2 Å². The molecular weight excluding hydrogens is 590 g/mol. The van der Waals surface area contributed by atoms with Gasteiger partial charge in [-0.1, -0.05) is 0 Å². The van der Waals surface area contributed by atoms with E-state index in [1.807, 2.05) is 0 Å². The minimum atomic E-state index is -3.58. The molecule has 1 saturated heterocycles. The maximum atomic E-state index is 14.8. The fraction of sp³-hybridized carbons (Fsp3) is 0.562. The Morgan fingerprint density at radius 3 is 1.13 bits per heavy atom. The van der Waals surface area contributed by atoms with Crippen LogP contribution in [-0.2, 0) is 57.5 Å². The molecular formula is C32H37NO12. The minimum Gasteiger partial charge on any atom is -0.299 e. The summed E-state index contributed by atoms with van der Waals surface area (Å²) in [5.41, 5.74) is -19.1. The van der Waals surface area contributed by atoms with Crippen molar-refractivity contribution in [1.82, 2.24) is 4.90 Å². The van der Waals surface area contributed by atoms with Gasteiger partial charge in [0.05, 0.1) is 5.92 Å². The zero-order valence-electron chi connectivity index (χ0n) is 27.4. The lowest BCUT2D eigenvalue weighted by molar-refractivity contribution is -0.215. The number of Topliss-reactive ketones (excluding diaryl/α,β-unsaturated/α-hetero) is 10. The normalized spacial score (nSPS) is 26.3. The molecule has 0 spiro atoms. The summed E-state index contributed by atoms with van der Waals surface area (Å²) in [6.07, 6.45) is 0. The number of piperidine rings is 1. The van der Waals surface area contributed by atoms with Crippen LogP contribution >= 0.6 is 0 Å². The van der Waals surface area contributed by atoms with E-state index in [4.69, 9.17) is 0 Å². The van der Waals surface area contributed by atoms with Crippen LogP contribution in [0.2, 0.25) is 0 Å². The monoisotopic (exact) mass is 627 g/mol. The van der Waals surface area contributed by atoms with Crippen LogP contribution in [0.1, 0.15) is 83.1 Å². The Morgan fingerprint density at radius 2 is 0.911 bits per heavy atom. The summed E-state index contributed by atoms with van der Waals surface area (Å²) in [6.45, 7) is 8.98. The first kappa shape index (κ1) is 36.8. The fourth-order valence-corrected chi connectivity index (χ4v) is 9.30. The number of carbonyl (C=O) groups excluding carboxylic acids is 12. The number of carbonyl (C=O) groups is 12. The topological polar surface area (TPSA) is 208 Å². The van der Waals surface area contributed by atoms with Gasteiger partial charge in [0.1, 0.15) is 73.5 Å². The Labute approximate surface area is 259 Å². The summed E-state index contributed by atoms with van der Waals surface area (Å²) in [5.74, 6) is -18.9. The van der Waals surface area contributed by atoms with Gasteiger partial charge in [-0.2, -0.15) is 0 Å². The highest BCUT2D eigenvalue weighted by atomic mass is 16.2. The smallest absolute Gasteiger partial charge is 0.258 e. The molecule has 45 heavy (non-hydrogen) atoms. The van der Waals surface area contributed by atoms with E-state index >= 15 is 0 Å². The molecule has 3 unspecified atom stereocenters. The second-order valence-electron chi connectivity index (χ2n) is 12.1. The number of imide groups is 1. The van der Waals surface area contributed by atoms with Crippen LogP contribution in [0.4, 0.5) is 0 Å². The molecule has 0 N–H and O–H groups in total. The maximum Gasteiger partial charge on any atom is 0.258 e. The summed E-state index contributed by atoms with van der Waals surface area (Å²) in [7, 11) is 0. The Kier molecular flexibility index (Phi) is 8.89. The van der Waals surface area contributed by atoms with Crippen LogP contribution in [0.25, 0.3) is 0 Å². The van der Waals surface area contributed by atoms with Crippen LogP contribution in [0.3, 0.4) is 0 Å². The van der Waals surface area contributed by atoms with Crippen molar-refractivity contribution in [2.24, 2.45) is 27.6 Å². The first-order valence-corrected chi connectivity index (χ1v) is 14.0. The van der Waals surface area contributed by atoms with Gasteiger partial charge in [0, 0.05) is 18.1 Å². The van der Waals surface area contributed by atoms with Crippen LogP contribution in [0.15, 0.2) is 11.1 Å². The van der Waals surface area contributed by atoms with E-state index in [0.717, 1.165) is 62.3 Å². The summed E-state index contributed by atoms with van der Waals surface area (Å²) < 4.78 is 0. The summed E-state index contributed by atoms with van der Waals surface area (Å²) in [4.78, 5) is 170. The highest BCUT2D eigenvalue weighted by Crippen LogP contribution is 2.76. The lowest BCUT2D eigenvalue weighted by atomic mass is 9.27. The van der Waals surface area contributed by atoms with E-state index in [2.05, 4.69) is 0 Å². The molecule has 13 nitrogen and oxygen atoms in total. The van der Waals surface area contributed by atoms with E-state index in [-0.39, 0.29) is 4.90 Å². The molecule has 1 fully saturated rings. The van der Waals surface area contributed by atoms with Gasteiger partial charge < -0.3 is 0 Å². The number of rotatable bonds is 10. The Bertz CT molecular complexity index is 1580. The predicted octanol–water partition coefficient (Wildman–Crippen LogP) is 0.896. The molecule has 242 valence electrons. The highest BCUT2D eigenvalue weighted by molar-refractivity contribution is 6.34. The molecule has 1 aliphatic heterocycles. The zero-order valence-corrected chi connectivity index (χ0v) is 27.4. The second-order valence-corrected chi connectivity index (χ2v) is 12.1. The van der Waals surface area contributed by atoms with Gasteiger partial charge in [-0.15, -0.1) is 0 Å². The number of ketones is 10. The lowest BCUT2D eigenvalue weighted by Gasteiger charge is -2.70. The average Bonchev–Trinajstić information content (AvgIpc) is 2.84. The van der Waals surface area contributed by atoms with Gasteiger partial charge in [0.2, 0.25) is 5.91 Å². The van der Waals surface area contributed by atoms with Gasteiger partial charge in [0.25, 0.3) is 5.91 Å². The van der Waals surface area contributed by atoms with Crippen LogP contribution in [0.5, 0.6) is 0 Å². The van der Waals surface area contributed by atoms with Crippen LogP contribution in [0, 0.1) is 27.6 Å². The average molecular weight is 628 g/mol. The fourth-order valence-electron chi connectivity index (χ4n) is 9.30. The van der Waals surface area contributed by atoms with Gasteiger partial charge in [0.15, 0.2) is 11.6 Å². The van der Waals surface area contributed by atoms with Crippen molar-refractivity contribution in [2.75, 3.05) is 0 Å². The van der Waals surface area contributed by atoms with E-state index < -0.39 is 114 Å². The molecule has 0 saturated carbocycles. The molecule has 0 radical (unpaired) electrons. The van der Waals surface area contributed by atoms with Crippen molar-refractivity contribution in [3.05, 3.63) is 11.1 Å². The number of hydrogen-bond acceptors (Lipinski definition) is 12. The number of hydrogen-bond donors (Lipinski definition) is 0. The molecule has 3 atom stereocenters. The Hall–Kier alpha value is -4.42. The first-order chi connectivity index (χ1) is 20.3. The van der Waals surface area contributed by atoms with E-state index in [1.54, 1.807) is 0 Å². The number of amides is 2. The minimum absolute atomic E-state index is 0.203. The number of nitrogens with zero attached hydrogens (tertiary/aromatic N) is 1. The summed E-state index contributed by atoms with van der Waals surface area (Å²) >= 11 is 0. The molecule has 0 aromatic rings. The van der Waals surface area contributed by atoms with Gasteiger partial charge >= 0.3 is 0 Å². The largest absolute Gasteiger partial charge is 0.299 e. The highest BCUT2D eigenvalue weighted by Gasteiger charge is 2.92. The van der Waals surface area contributed by atoms with E-state index in [1.165, 1.54) is 0 Å². The zero-order chi connectivity index (χ0) is 35.7. The molecule has 2 aliphatic rings. The number of allylic oxidation sites excluding steroid dienone is 1. The van der Waals surface area contributed by atoms with Crippen molar-refractivity contribution in [2.45, 2.75) is 88.6 Å². The predicted molar refractivity (Wildman–Crippen MR) is 153 cm³/mol. The Morgan fingerprint density at radius 1 is 0.533 bits per heavy atom. The van der Waals surface area contributed by atoms with Gasteiger partial charge in [-0.25, -0.2) is 0 Å². The molecule has 0 aromatic carbocycles. The lowest BCUT2D eigenvalue weighted by Crippen LogP contribution is -2.88. The van der Waals surface area contributed by atoms with Crippen molar-refractivity contribution in [1.29, 1.82) is 0 Å². The molecule has 0 bridgehead atoms. The van der Waals surface area contributed by atoms with Crippen molar-refractivity contribution >= 4 is 69.6 Å². The third-order valence-electron chi connectivity index (χ3n) is 10.2. The number of likely N-dealkylation sites (tertiary alicyclic amines) is 1. The standard InChI is InChI=1S/C32H37NO12/c1-13(34)24-25(14(2)35)29(16(4)37,17(5)38)31(20(8)41,21(9)42)32(22(10)43)26(24)27(45)33(23(11)44)28(12,15(3)36)30(32,18(6)39)19(7)40/h25H,1-12H3. The van der Waals surface area contributed by atoms with Crippen LogP contribution in [-0.4, -0.2) is 80.1 Å². The van der Waals surface area contributed by atoms with E-state index in [9.17, 15) is 57.5 Å². The Balaban J connectivity index is 4.13. The summed E-state index contributed by atoms with van der Waals surface area (Å²) in [6, 6.07) is 0. The molecule has 2 rings (SSSR count). The first-order valence-electron chi connectivity index (χ1n) is 14.0. The molecule has 0 aromatic heterocycles. The maximum absolute atomic E-state index is 14.8. The van der Waals surface area contributed by atoms with Crippen molar-refractivity contribution in [3.63, 3.8) is 0 Å². The third kappa shape index (κ3) is 3.54. The van der Waals surface area contributed by atoms with Gasteiger partial charge in [-0.3, -0.25) is 62.4 Å². The van der Waals surface area contributed by atoms with Crippen molar-refractivity contribution < 1.29 is 57.5 Å². The van der Waals surface area contributed by atoms with Crippen LogP contribution < -0.4 is 0 Å². The SMILES string of the molecule is CC(=O)C1=C2C(=O)N(C(C)=O)C(C)(C(C)=O)C(C(C)=O)(C(C)=O)C2(C(C)=O)C(C(C)=O)(C(C)=O)C(C(C)=O)(C(C)=O)C1C(C)=O. The molecule has 1 aliphatic carbocycles. The van der Waals surface area contributed by atoms with Crippen molar-refractivity contribution in [3.8, 4) is 0 Å². The third-order valence-corrected chi connectivity index (χ3v) is 10.2. The number of fused-ring (bicyclic) bond motifs is 1. The molecule has 2 amide bonds. The van der Waals surface area contributed by atoms with E-state index in [0.29, 0.717) is 20.8 Å².